The molecule has 0 spiro atoms. The Balaban J connectivity index is 2.13. The summed E-state index contributed by atoms with van der Waals surface area (Å²) in [6, 6.07) is 12.5. The summed E-state index contributed by atoms with van der Waals surface area (Å²) in [5.74, 6) is -1.42. The van der Waals surface area contributed by atoms with Gasteiger partial charge in [0.25, 0.3) is 10.0 Å². The maximum absolute atomic E-state index is 13.8. The molecule has 0 heterocycles. The molecule has 220 valence electrons. The average Bonchev–Trinajstić information content (AvgIpc) is 2.92. The fraction of sp³-hybridized carbons (Fsp3) is 0.259. The van der Waals surface area contributed by atoms with Crippen LogP contribution in [0.5, 0.6) is 0 Å². The molecule has 0 fully saturated rings. The highest BCUT2D eigenvalue weighted by molar-refractivity contribution is 7.92. The molecule has 0 unspecified atom stereocenters. The molecule has 0 radical (unpaired) electrons. The van der Waals surface area contributed by atoms with Crippen molar-refractivity contribution in [2.45, 2.75) is 37.5 Å². The number of amides is 2. The van der Waals surface area contributed by atoms with E-state index in [2.05, 4.69) is 5.32 Å². The SMILES string of the molecule is CCNC(=O)[C@@H](C)N(Cc1ccc(Cl)c(Cl)c1)C(=O)CN(c1cc(C(F)(F)F)ccc1Cl)S(=O)(=O)c1ccccc1. The van der Waals surface area contributed by atoms with Crippen LogP contribution in [-0.2, 0) is 32.3 Å². The number of likely N-dealkylation sites (N-methyl/N-ethyl adjacent to an activating group) is 1. The van der Waals surface area contributed by atoms with Crippen molar-refractivity contribution in [1.29, 1.82) is 0 Å². The number of anilines is 1. The zero-order valence-electron chi connectivity index (χ0n) is 21.8. The maximum atomic E-state index is 13.8. The standard InChI is InChI=1S/C27H25Cl3F3N3O4S/c1-3-34-26(38)17(2)35(15-18-9-11-21(28)23(30)13-18)25(37)16-36(41(39,40)20-7-5-4-6-8-20)24-14-19(27(31,32)33)10-12-22(24)29/h4-14,17H,3,15-16H2,1-2H3,(H,34,38)/t17-/m1/s1. The van der Waals surface area contributed by atoms with E-state index < -0.39 is 51.9 Å². The Morgan fingerprint density at radius 2 is 1.56 bits per heavy atom. The normalized spacial score (nSPS) is 12.5. The van der Waals surface area contributed by atoms with Gasteiger partial charge in [-0.15, -0.1) is 0 Å². The molecule has 41 heavy (non-hydrogen) atoms. The van der Waals surface area contributed by atoms with Crippen molar-refractivity contribution in [2.75, 3.05) is 17.4 Å². The molecule has 1 atom stereocenters. The summed E-state index contributed by atoms with van der Waals surface area (Å²) >= 11 is 18.3. The number of carbonyl (C=O) groups excluding carboxylic acids is 2. The summed E-state index contributed by atoms with van der Waals surface area (Å²) in [6.07, 6.45) is -4.82. The molecule has 2 amide bonds. The first-order valence-corrected chi connectivity index (χ1v) is 14.7. The highest BCUT2D eigenvalue weighted by Crippen LogP contribution is 2.37. The van der Waals surface area contributed by atoms with Gasteiger partial charge in [0.1, 0.15) is 12.6 Å². The number of nitrogens with one attached hydrogen (secondary N) is 1. The van der Waals surface area contributed by atoms with Crippen LogP contribution in [0.4, 0.5) is 18.9 Å². The lowest BCUT2D eigenvalue weighted by atomic mass is 10.1. The number of alkyl halides is 3. The van der Waals surface area contributed by atoms with Gasteiger partial charge in [0.05, 0.1) is 31.2 Å². The predicted molar refractivity (Wildman–Crippen MR) is 153 cm³/mol. The first kappa shape index (κ1) is 32.5. The minimum absolute atomic E-state index is 0.186. The van der Waals surface area contributed by atoms with Crippen LogP contribution < -0.4 is 9.62 Å². The van der Waals surface area contributed by atoms with Crippen molar-refractivity contribution in [1.82, 2.24) is 10.2 Å². The van der Waals surface area contributed by atoms with Crippen LogP contribution in [0.1, 0.15) is 25.0 Å². The number of rotatable bonds is 10. The molecule has 14 heteroatoms. The van der Waals surface area contributed by atoms with Crippen LogP contribution in [0, 0.1) is 0 Å². The van der Waals surface area contributed by atoms with E-state index in [1.807, 2.05) is 0 Å². The Morgan fingerprint density at radius 1 is 0.927 bits per heavy atom. The smallest absolute Gasteiger partial charge is 0.355 e. The average molecular weight is 651 g/mol. The fourth-order valence-corrected chi connectivity index (χ4v) is 5.89. The van der Waals surface area contributed by atoms with Gasteiger partial charge in [0, 0.05) is 13.1 Å². The molecule has 0 saturated heterocycles. The van der Waals surface area contributed by atoms with E-state index in [0.29, 0.717) is 22.0 Å². The third kappa shape index (κ3) is 7.85. The number of carbonyl (C=O) groups is 2. The summed E-state index contributed by atoms with van der Waals surface area (Å²) < 4.78 is 68.8. The monoisotopic (exact) mass is 649 g/mol. The van der Waals surface area contributed by atoms with Crippen LogP contribution in [0.25, 0.3) is 0 Å². The number of sulfonamides is 1. The number of nitrogens with zero attached hydrogens (tertiary/aromatic N) is 2. The van der Waals surface area contributed by atoms with Gasteiger partial charge in [-0.1, -0.05) is 59.1 Å². The minimum Gasteiger partial charge on any atom is -0.355 e. The van der Waals surface area contributed by atoms with Crippen molar-refractivity contribution in [2.24, 2.45) is 0 Å². The van der Waals surface area contributed by atoms with Crippen molar-refractivity contribution >= 4 is 62.3 Å². The molecule has 3 aromatic carbocycles. The van der Waals surface area contributed by atoms with E-state index in [4.69, 9.17) is 34.8 Å². The molecular weight excluding hydrogens is 626 g/mol. The molecule has 0 aliphatic rings. The number of halogens is 6. The lowest BCUT2D eigenvalue weighted by Crippen LogP contribution is -2.51. The fourth-order valence-electron chi connectivity index (χ4n) is 3.85. The molecule has 3 aromatic rings. The van der Waals surface area contributed by atoms with Gasteiger partial charge in [-0.25, -0.2) is 8.42 Å². The summed E-state index contributed by atoms with van der Waals surface area (Å²) in [4.78, 5) is 27.4. The molecule has 0 saturated carbocycles. The van der Waals surface area contributed by atoms with Gasteiger partial charge in [-0.3, -0.25) is 13.9 Å². The zero-order chi connectivity index (χ0) is 30.5. The zero-order valence-corrected chi connectivity index (χ0v) is 24.8. The highest BCUT2D eigenvalue weighted by Gasteiger charge is 2.36. The van der Waals surface area contributed by atoms with Gasteiger partial charge in [0.2, 0.25) is 11.8 Å². The number of hydrogen-bond acceptors (Lipinski definition) is 4. The number of hydrogen-bond donors (Lipinski definition) is 1. The first-order chi connectivity index (χ1) is 19.2. The molecule has 0 aliphatic carbocycles. The Labute approximate surface area is 250 Å². The van der Waals surface area contributed by atoms with Crippen LogP contribution in [-0.4, -0.2) is 44.3 Å². The van der Waals surface area contributed by atoms with E-state index in [0.717, 1.165) is 11.0 Å². The van der Waals surface area contributed by atoms with E-state index >= 15 is 0 Å². The molecular formula is C27H25Cl3F3N3O4S. The van der Waals surface area contributed by atoms with E-state index in [9.17, 15) is 31.2 Å². The van der Waals surface area contributed by atoms with Gasteiger partial charge in [-0.05, 0) is 61.9 Å². The third-order valence-electron chi connectivity index (χ3n) is 6.01. The first-order valence-electron chi connectivity index (χ1n) is 12.1. The summed E-state index contributed by atoms with van der Waals surface area (Å²) in [5, 5.41) is 2.71. The summed E-state index contributed by atoms with van der Waals surface area (Å²) in [7, 11) is -4.61. The van der Waals surface area contributed by atoms with Crippen molar-refractivity contribution < 1.29 is 31.2 Å². The van der Waals surface area contributed by atoms with Gasteiger partial charge in [0.15, 0.2) is 0 Å². The van der Waals surface area contributed by atoms with Gasteiger partial charge >= 0.3 is 6.18 Å². The largest absolute Gasteiger partial charge is 0.416 e. The molecule has 0 aliphatic heterocycles. The van der Waals surface area contributed by atoms with Gasteiger partial charge < -0.3 is 10.2 Å². The molecule has 0 aromatic heterocycles. The second-order valence-corrected chi connectivity index (χ2v) is 11.9. The summed E-state index contributed by atoms with van der Waals surface area (Å²) in [6.45, 7) is 2.21. The van der Waals surface area contributed by atoms with Crippen LogP contribution >= 0.6 is 34.8 Å². The third-order valence-corrected chi connectivity index (χ3v) is 8.84. The topological polar surface area (TPSA) is 86.8 Å². The Kier molecular flexibility index (Phi) is 10.6. The van der Waals surface area contributed by atoms with Crippen molar-refractivity contribution in [3.05, 3.63) is 92.9 Å². The quantitative estimate of drug-likeness (QED) is 0.275. The lowest BCUT2D eigenvalue weighted by Gasteiger charge is -2.32. The van der Waals surface area contributed by atoms with Crippen molar-refractivity contribution in [3.63, 3.8) is 0 Å². The lowest BCUT2D eigenvalue weighted by molar-refractivity contribution is -0.139. The van der Waals surface area contributed by atoms with Crippen LogP contribution in [0.3, 0.4) is 0 Å². The van der Waals surface area contributed by atoms with E-state index in [-0.39, 0.29) is 33.1 Å². The van der Waals surface area contributed by atoms with Crippen LogP contribution in [0.15, 0.2) is 71.6 Å². The Hall–Kier alpha value is -2.99. The maximum Gasteiger partial charge on any atom is 0.416 e. The predicted octanol–water partition coefficient (Wildman–Crippen LogP) is 6.41. The second kappa shape index (κ2) is 13.3. The Bertz CT molecular complexity index is 1520. The molecule has 1 N–H and O–H groups in total. The Morgan fingerprint density at radius 3 is 2.15 bits per heavy atom. The van der Waals surface area contributed by atoms with Gasteiger partial charge in [-0.2, -0.15) is 13.2 Å². The van der Waals surface area contributed by atoms with Crippen molar-refractivity contribution in [3.8, 4) is 0 Å². The summed E-state index contributed by atoms with van der Waals surface area (Å²) in [5.41, 5.74) is -1.25. The highest BCUT2D eigenvalue weighted by atomic mass is 35.5. The number of benzene rings is 3. The minimum atomic E-state index is -4.82. The van der Waals surface area contributed by atoms with Crippen LogP contribution in [0.2, 0.25) is 15.1 Å². The van der Waals surface area contributed by atoms with E-state index in [1.54, 1.807) is 19.1 Å². The molecule has 7 nitrogen and oxygen atoms in total. The molecule has 3 rings (SSSR count). The van der Waals surface area contributed by atoms with E-state index in [1.165, 1.54) is 43.3 Å². The molecule has 0 bridgehead atoms. The second-order valence-electron chi connectivity index (χ2n) is 8.83.